The van der Waals surface area contributed by atoms with Crippen LogP contribution in [0.3, 0.4) is 0 Å². The van der Waals surface area contributed by atoms with E-state index in [1.54, 1.807) is 6.07 Å². The molecule has 3 aromatic rings. The largest absolute Gasteiger partial charge is 0.361 e. The van der Waals surface area contributed by atoms with Gasteiger partial charge in [-0.3, -0.25) is 14.7 Å². The third-order valence-corrected chi connectivity index (χ3v) is 5.50. The molecule has 0 saturated heterocycles. The fraction of sp³-hybridized carbons (Fsp3) is 0.294. The number of fused-ring (bicyclic) bond motifs is 2. The van der Waals surface area contributed by atoms with Crippen molar-refractivity contribution in [1.82, 2.24) is 19.9 Å². The molecule has 1 aromatic carbocycles. The molecule has 26 heavy (non-hydrogen) atoms. The Morgan fingerprint density at radius 1 is 1.35 bits per heavy atom. The van der Waals surface area contributed by atoms with Gasteiger partial charge in [-0.25, -0.2) is 17.8 Å². The summed E-state index contributed by atoms with van der Waals surface area (Å²) < 4.78 is 36.9. The van der Waals surface area contributed by atoms with Crippen LogP contribution in [0, 0.1) is 5.82 Å². The number of sulfone groups is 1. The van der Waals surface area contributed by atoms with Gasteiger partial charge in [0.1, 0.15) is 5.82 Å². The number of H-pyrrole nitrogens is 2. The Balaban J connectivity index is 1.65. The van der Waals surface area contributed by atoms with Gasteiger partial charge >= 0.3 is 0 Å². The number of aromatic nitrogens is 3. The second kappa shape index (κ2) is 6.03. The molecule has 3 heterocycles. The van der Waals surface area contributed by atoms with Crippen molar-refractivity contribution < 1.29 is 12.8 Å². The smallest absolute Gasteiger partial charge is 0.255 e. The molecule has 0 atom stereocenters. The van der Waals surface area contributed by atoms with Gasteiger partial charge in [-0.05, 0) is 30.2 Å². The van der Waals surface area contributed by atoms with E-state index in [0.717, 1.165) is 22.7 Å². The normalized spacial score (nSPS) is 15.3. The average molecular weight is 376 g/mol. The van der Waals surface area contributed by atoms with Crippen LogP contribution in [-0.4, -0.2) is 41.1 Å². The summed E-state index contributed by atoms with van der Waals surface area (Å²) in [7, 11) is -3.59. The van der Waals surface area contributed by atoms with Crippen LogP contribution >= 0.6 is 0 Å². The van der Waals surface area contributed by atoms with E-state index >= 15 is 0 Å². The highest BCUT2D eigenvalue weighted by Gasteiger charge is 2.24. The molecule has 0 spiro atoms. The fourth-order valence-corrected chi connectivity index (χ4v) is 3.86. The van der Waals surface area contributed by atoms with Gasteiger partial charge in [0.2, 0.25) is 15.0 Å². The molecule has 0 fully saturated rings. The number of nitrogens with zero attached hydrogens (tertiary/aromatic N) is 2. The van der Waals surface area contributed by atoms with Crippen LogP contribution < -0.4 is 5.56 Å². The topological polar surface area (TPSA) is 98.9 Å². The predicted octanol–water partition coefficient (Wildman–Crippen LogP) is 1.35. The van der Waals surface area contributed by atoms with Gasteiger partial charge in [-0.1, -0.05) is 0 Å². The summed E-state index contributed by atoms with van der Waals surface area (Å²) in [5.74, 6) is -0.298. The van der Waals surface area contributed by atoms with Crippen LogP contribution in [0.4, 0.5) is 4.39 Å². The van der Waals surface area contributed by atoms with E-state index in [4.69, 9.17) is 0 Å². The third-order valence-electron chi connectivity index (χ3n) is 4.61. The number of hydrogen-bond acceptors (Lipinski definition) is 5. The highest BCUT2D eigenvalue weighted by Crippen LogP contribution is 2.23. The van der Waals surface area contributed by atoms with Crippen molar-refractivity contribution in [2.45, 2.75) is 24.7 Å². The molecule has 0 amide bonds. The van der Waals surface area contributed by atoms with E-state index in [1.807, 2.05) is 6.20 Å². The molecule has 2 aromatic heterocycles. The maximum Gasteiger partial charge on any atom is 0.255 e. The summed E-state index contributed by atoms with van der Waals surface area (Å²) >= 11 is 0. The molecular formula is C17H17FN4O3S. The predicted molar refractivity (Wildman–Crippen MR) is 94.0 cm³/mol. The first-order valence-electron chi connectivity index (χ1n) is 8.11. The Morgan fingerprint density at radius 2 is 2.15 bits per heavy atom. The van der Waals surface area contributed by atoms with Gasteiger partial charge in [0.15, 0.2) is 0 Å². The molecule has 4 rings (SSSR count). The van der Waals surface area contributed by atoms with E-state index in [0.29, 0.717) is 37.3 Å². The molecule has 0 unspecified atom stereocenters. The Bertz CT molecular complexity index is 1170. The lowest BCUT2D eigenvalue weighted by Gasteiger charge is -2.27. The van der Waals surface area contributed by atoms with Crippen LogP contribution in [0.15, 0.2) is 34.3 Å². The van der Waals surface area contributed by atoms with Crippen molar-refractivity contribution >= 4 is 20.7 Å². The highest BCUT2D eigenvalue weighted by atomic mass is 32.2. The molecule has 0 saturated carbocycles. The average Bonchev–Trinajstić information content (AvgIpc) is 2.96. The van der Waals surface area contributed by atoms with Gasteiger partial charge in [-0.15, -0.1) is 0 Å². The zero-order valence-electron chi connectivity index (χ0n) is 14.0. The lowest BCUT2D eigenvalue weighted by atomic mass is 10.1. The van der Waals surface area contributed by atoms with Crippen LogP contribution in [0.2, 0.25) is 0 Å². The Morgan fingerprint density at radius 3 is 2.92 bits per heavy atom. The van der Waals surface area contributed by atoms with Crippen LogP contribution in [0.1, 0.15) is 16.8 Å². The van der Waals surface area contributed by atoms with E-state index in [9.17, 15) is 17.6 Å². The van der Waals surface area contributed by atoms with Gasteiger partial charge in [0.05, 0.1) is 5.69 Å². The summed E-state index contributed by atoms with van der Waals surface area (Å²) in [6, 6.07) is 4.59. The fourth-order valence-electron chi connectivity index (χ4n) is 3.30. The second-order valence-corrected chi connectivity index (χ2v) is 8.46. The van der Waals surface area contributed by atoms with Crippen molar-refractivity contribution in [1.29, 1.82) is 0 Å². The van der Waals surface area contributed by atoms with E-state index in [1.165, 1.54) is 12.1 Å². The molecular weight excluding hydrogens is 359 g/mol. The highest BCUT2D eigenvalue weighted by molar-refractivity contribution is 7.90. The van der Waals surface area contributed by atoms with Crippen molar-refractivity contribution in [3.63, 3.8) is 0 Å². The van der Waals surface area contributed by atoms with Crippen LogP contribution in [0.25, 0.3) is 10.9 Å². The van der Waals surface area contributed by atoms with E-state index in [2.05, 4.69) is 19.9 Å². The van der Waals surface area contributed by atoms with Gasteiger partial charge in [0.25, 0.3) is 5.56 Å². The Kier molecular flexibility index (Phi) is 3.92. The molecule has 0 aliphatic carbocycles. The first kappa shape index (κ1) is 16.9. The molecule has 0 radical (unpaired) electrons. The summed E-state index contributed by atoms with van der Waals surface area (Å²) in [6.07, 6.45) is 3.34. The third kappa shape index (κ3) is 3.04. The quantitative estimate of drug-likeness (QED) is 0.673. The minimum Gasteiger partial charge on any atom is -0.361 e. The standard InChI is InChI=1S/C17H17FN4O3S/c1-26(24,25)17-20-15-9-22(5-4-12(15)16(23)21-17)8-10-7-19-14-3-2-11(18)6-13(10)14/h2-3,6-7,19H,4-5,8-9H2,1H3,(H,20,21,23). The summed E-state index contributed by atoms with van der Waals surface area (Å²) in [4.78, 5) is 23.8. The van der Waals surface area contributed by atoms with Crippen molar-refractivity contribution in [3.05, 3.63) is 57.4 Å². The first-order chi connectivity index (χ1) is 12.3. The van der Waals surface area contributed by atoms with Gasteiger partial charge in [0, 0.05) is 48.6 Å². The lowest BCUT2D eigenvalue weighted by molar-refractivity contribution is 0.240. The van der Waals surface area contributed by atoms with Gasteiger partial charge < -0.3 is 4.98 Å². The zero-order chi connectivity index (χ0) is 18.5. The lowest BCUT2D eigenvalue weighted by Crippen LogP contribution is -2.35. The van der Waals surface area contributed by atoms with Gasteiger partial charge in [-0.2, -0.15) is 0 Å². The monoisotopic (exact) mass is 376 g/mol. The van der Waals surface area contributed by atoms with Crippen molar-refractivity contribution in [2.24, 2.45) is 0 Å². The summed E-state index contributed by atoms with van der Waals surface area (Å²) in [6.45, 7) is 1.55. The molecule has 1 aliphatic heterocycles. The maximum absolute atomic E-state index is 13.5. The Hall–Kier alpha value is -2.52. The van der Waals surface area contributed by atoms with E-state index < -0.39 is 15.4 Å². The SMILES string of the molecule is CS(=O)(=O)c1nc2c(c(=O)[nH]1)CCN(Cc1c[nH]c3ccc(F)cc13)C2. The van der Waals surface area contributed by atoms with Crippen LogP contribution in [0.5, 0.6) is 0 Å². The molecule has 2 N–H and O–H groups in total. The molecule has 136 valence electrons. The first-order valence-corrected chi connectivity index (χ1v) is 10.0. The van der Waals surface area contributed by atoms with Crippen LogP contribution in [-0.2, 0) is 29.3 Å². The summed E-state index contributed by atoms with van der Waals surface area (Å²) in [5, 5.41) is 0.503. The number of aromatic amines is 2. The second-order valence-electron chi connectivity index (χ2n) is 6.53. The summed E-state index contributed by atoms with van der Waals surface area (Å²) in [5.41, 5.74) is 2.40. The number of rotatable bonds is 3. The zero-order valence-corrected chi connectivity index (χ0v) is 14.9. The van der Waals surface area contributed by atoms with Crippen molar-refractivity contribution in [3.8, 4) is 0 Å². The Labute approximate surface area is 148 Å². The maximum atomic E-state index is 13.5. The molecule has 0 bridgehead atoms. The molecule has 9 heteroatoms. The van der Waals surface area contributed by atoms with Crippen molar-refractivity contribution in [2.75, 3.05) is 12.8 Å². The molecule has 1 aliphatic rings. The number of hydrogen-bond donors (Lipinski definition) is 2. The minimum atomic E-state index is -3.59. The number of nitrogens with one attached hydrogen (secondary N) is 2. The number of benzene rings is 1. The molecule has 7 nitrogen and oxygen atoms in total. The minimum absolute atomic E-state index is 0.298. The van der Waals surface area contributed by atoms with E-state index in [-0.39, 0.29) is 11.0 Å². The number of halogens is 1.